The highest BCUT2D eigenvalue weighted by atomic mass is 16.2. The molecule has 0 spiro atoms. The molecule has 0 fully saturated rings. The lowest BCUT2D eigenvalue weighted by atomic mass is 9.99. The number of carbonyl (C=O) groups excluding carboxylic acids is 3. The van der Waals surface area contributed by atoms with Crippen LogP contribution in [0, 0.1) is 17.8 Å². The quantitative estimate of drug-likeness (QED) is 0.531. The van der Waals surface area contributed by atoms with E-state index < -0.39 is 18.1 Å². The molecule has 0 aromatic rings. The summed E-state index contributed by atoms with van der Waals surface area (Å²) >= 11 is 0. The van der Waals surface area contributed by atoms with Gasteiger partial charge in [0.15, 0.2) is 0 Å². The van der Waals surface area contributed by atoms with Crippen molar-refractivity contribution in [2.75, 3.05) is 0 Å². The van der Waals surface area contributed by atoms with E-state index in [9.17, 15) is 14.4 Å². The van der Waals surface area contributed by atoms with Gasteiger partial charge in [-0.15, -0.1) is 0 Å². The molecule has 0 saturated heterocycles. The van der Waals surface area contributed by atoms with Gasteiger partial charge >= 0.3 is 0 Å². The van der Waals surface area contributed by atoms with Gasteiger partial charge < -0.3 is 16.4 Å². The minimum absolute atomic E-state index is 0.214. The zero-order valence-corrected chi connectivity index (χ0v) is 15.9. The van der Waals surface area contributed by atoms with Crippen molar-refractivity contribution in [1.29, 1.82) is 0 Å². The SMILES string of the molecule is CC(C)C[C@@H]([C]=O)NC(=O)[C@@H](CC(C)C)NC(=O)[C@H](N)CC(C)C. The lowest BCUT2D eigenvalue weighted by molar-refractivity contribution is -0.130. The van der Waals surface area contributed by atoms with Crippen LogP contribution in [0.15, 0.2) is 0 Å². The van der Waals surface area contributed by atoms with E-state index in [1.54, 1.807) is 0 Å². The molecule has 4 N–H and O–H groups in total. The lowest BCUT2D eigenvalue weighted by Gasteiger charge is -2.24. The summed E-state index contributed by atoms with van der Waals surface area (Å²) < 4.78 is 0. The van der Waals surface area contributed by atoms with Gasteiger partial charge in [-0.25, -0.2) is 0 Å². The van der Waals surface area contributed by atoms with Gasteiger partial charge in [-0.3, -0.25) is 14.4 Å². The fourth-order valence-electron chi connectivity index (χ4n) is 2.48. The van der Waals surface area contributed by atoms with Crippen molar-refractivity contribution in [3.8, 4) is 0 Å². The lowest BCUT2D eigenvalue weighted by Crippen LogP contribution is -2.54. The number of hydrogen-bond acceptors (Lipinski definition) is 4. The largest absolute Gasteiger partial charge is 0.344 e. The second kappa shape index (κ2) is 11.2. The first-order valence-corrected chi connectivity index (χ1v) is 8.80. The Balaban J connectivity index is 4.88. The maximum atomic E-state index is 12.5. The minimum Gasteiger partial charge on any atom is -0.344 e. The van der Waals surface area contributed by atoms with Crippen molar-refractivity contribution in [2.24, 2.45) is 23.5 Å². The first-order valence-electron chi connectivity index (χ1n) is 8.80. The van der Waals surface area contributed by atoms with Crippen molar-refractivity contribution in [3.05, 3.63) is 0 Å². The van der Waals surface area contributed by atoms with Gasteiger partial charge in [-0.2, -0.15) is 0 Å². The van der Waals surface area contributed by atoms with Crippen LogP contribution in [0.5, 0.6) is 0 Å². The zero-order chi connectivity index (χ0) is 18.9. The number of amides is 2. The van der Waals surface area contributed by atoms with Gasteiger partial charge in [-0.1, -0.05) is 41.5 Å². The summed E-state index contributed by atoms with van der Waals surface area (Å²) in [6.07, 6.45) is 3.41. The smallest absolute Gasteiger partial charge is 0.243 e. The monoisotopic (exact) mass is 340 g/mol. The first-order chi connectivity index (χ1) is 11.1. The zero-order valence-electron chi connectivity index (χ0n) is 15.9. The van der Waals surface area contributed by atoms with Crippen LogP contribution >= 0.6 is 0 Å². The van der Waals surface area contributed by atoms with Gasteiger partial charge in [0, 0.05) is 0 Å². The van der Waals surface area contributed by atoms with Gasteiger partial charge in [0.2, 0.25) is 18.1 Å². The predicted octanol–water partition coefficient (Wildman–Crippen LogP) is 1.53. The fraction of sp³-hybridized carbons (Fsp3) is 0.833. The molecule has 139 valence electrons. The van der Waals surface area contributed by atoms with Crippen LogP contribution in [-0.4, -0.2) is 36.2 Å². The van der Waals surface area contributed by atoms with Crippen LogP contribution in [0.2, 0.25) is 0 Å². The Labute approximate surface area is 146 Å². The van der Waals surface area contributed by atoms with E-state index in [1.807, 2.05) is 47.8 Å². The maximum absolute atomic E-state index is 12.5. The molecule has 1 radical (unpaired) electrons. The molecule has 0 aliphatic carbocycles. The Hall–Kier alpha value is -1.43. The molecule has 6 heteroatoms. The molecular formula is C18H34N3O3. The van der Waals surface area contributed by atoms with Crippen LogP contribution in [0.1, 0.15) is 60.8 Å². The average Bonchev–Trinajstić information content (AvgIpc) is 2.43. The molecule has 0 aliphatic rings. The maximum Gasteiger partial charge on any atom is 0.243 e. The van der Waals surface area contributed by atoms with E-state index in [4.69, 9.17) is 5.73 Å². The molecule has 0 heterocycles. The van der Waals surface area contributed by atoms with E-state index in [2.05, 4.69) is 10.6 Å². The second-order valence-corrected chi connectivity index (χ2v) is 7.74. The molecule has 0 rings (SSSR count). The number of hydrogen-bond donors (Lipinski definition) is 3. The standard InChI is InChI=1S/C18H34N3O3/c1-11(2)7-14(10-22)20-18(24)16(9-13(5)6)21-17(23)15(19)8-12(3)4/h11-16H,7-9,19H2,1-6H3,(H,20,24)(H,21,23)/t14-,15+,16+/m0/s1. The van der Waals surface area contributed by atoms with Crippen molar-refractivity contribution in [2.45, 2.75) is 78.9 Å². The minimum atomic E-state index is -0.696. The summed E-state index contributed by atoms with van der Waals surface area (Å²) in [5.74, 6) is 0.0755. The molecule has 24 heavy (non-hydrogen) atoms. The number of nitrogens with one attached hydrogen (secondary N) is 2. The number of nitrogens with two attached hydrogens (primary N) is 1. The van der Waals surface area contributed by atoms with Crippen molar-refractivity contribution in [1.82, 2.24) is 10.6 Å². The van der Waals surface area contributed by atoms with E-state index in [-0.39, 0.29) is 23.7 Å². The van der Waals surface area contributed by atoms with Gasteiger partial charge in [0.25, 0.3) is 0 Å². The second-order valence-electron chi connectivity index (χ2n) is 7.74. The molecule has 0 saturated carbocycles. The van der Waals surface area contributed by atoms with E-state index in [0.29, 0.717) is 25.2 Å². The van der Waals surface area contributed by atoms with Crippen LogP contribution in [-0.2, 0) is 14.4 Å². The Morgan fingerprint density at radius 3 is 1.75 bits per heavy atom. The summed E-state index contributed by atoms with van der Waals surface area (Å²) in [4.78, 5) is 35.7. The van der Waals surface area contributed by atoms with Gasteiger partial charge in [0.05, 0.1) is 12.1 Å². The molecule has 2 amide bonds. The molecule has 0 bridgehead atoms. The average molecular weight is 340 g/mol. The van der Waals surface area contributed by atoms with Crippen molar-refractivity contribution < 1.29 is 14.4 Å². The summed E-state index contributed by atoms with van der Waals surface area (Å²) in [6.45, 7) is 11.9. The fourth-order valence-corrected chi connectivity index (χ4v) is 2.48. The highest BCUT2D eigenvalue weighted by Gasteiger charge is 2.26. The first kappa shape index (κ1) is 22.6. The molecule has 0 aromatic heterocycles. The van der Waals surface area contributed by atoms with E-state index in [0.717, 1.165) is 0 Å². The van der Waals surface area contributed by atoms with Gasteiger partial charge in [-0.05, 0) is 37.0 Å². The van der Waals surface area contributed by atoms with Crippen molar-refractivity contribution >= 4 is 18.1 Å². The Bertz CT molecular complexity index is 408. The Morgan fingerprint density at radius 2 is 1.33 bits per heavy atom. The summed E-state index contributed by atoms with van der Waals surface area (Å²) in [5.41, 5.74) is 5.88. The topological polar surface area (TPSA) is 101 Å². The summed E-state index contributed by atoms with van der Waals surface area (Å²) in [6, 6.07) is -2.00. The van der Waals surface area contributed by atoms with E-state index >= 15 is 0 Å². The van der Waals surface area contributed by atoms with Crippen molar-refractivity contribution in [3.63, 3.8) is 0 Å². The Morgan fingerprint density at radius 1 is 0.833 bits per heavy atom. The third kappa shape index (κ3) is 9.65. The molecular weight excluding hydrogens is 306 g/mol. The van der Waals surface area contributed by atoms with Crippen LogP contribution in [0.3, 0.4) is 0 Å². The molecule has 0 aliphatic heterocycles. The normalized spacial score (nSPS) is 15.2. The summed E-state index contributed by atoms with van der Waals surface area (Å²) in [7, 11) is 0. The third-order valence-corrected chi connectivity index (χ3v) is 3.57. The van der Waals surface area contributed by atoms with Crippen LogP contribution in [0.25, 0.3) is 0 Å². The molecule has 6 nitrogen and oxygen atoms in total. The Kier molecular flexibility index (Phi) is 10.5. The van der Waals surface area contributed by atoms with E-state index in [1.165, 1.54) is 0 Å². The summed E-state index contributed by atoms with van der Waals surface area (Å²) in [5, 5.41) is 5.40. The number of carbonyl (C=O) groups is 2. The highest BCUT2D eigenvalue weighted by molar-refractivity contribution is 5.90. The van der Waals surface area contributed by atoms with Crippen LogP contribution in [0.4, 0.5) is 0 Å². The molecule has 0 aromatic carbocycles. The predicted molar refractivity (Wildman–Crippen MR) is 95.9 cm³/mol. The molecule has 0 unspecified atom stereocenters. The van der Waals surface area contributed by atoms with Gasteiger partial charge in [0.1, 0.15) is 6.04 Å². The highest BCUT2D eigenvalue weighted by Crippen LogP contribution is 2.09. The van der Waals surface area contributed by atoms with Crippen LogP contribution < -0.4 is 16.4 Å². The molecule has 3 atom stereocenters. The number of rotatable bonds is 11. The third-order valence-electron chi connectivity index (χ3n) is 3.57.